The van der Waals surface area contributed by atoms with Crippen LogP contribution in [0.4, 0.5) is 0 Å². The van der Waals surface area contributed by atoms with Gasteiger partial charge in [0.2, 0.25) is 0 Å². The van der Waals surface area contributed by atoms with Crippen LogP contribution >= 0.6 is 0 Å². The molecule has 1 heterocycles. The van der Waals surface area contributed by atoms with E-state index in [2.05, 4.69) is 42.2 Å². The number of aromatic nitrogens is 2. The Hall–Kier alpha value is -0.830. The molecule has 2 aliphatic carbocycles. The molecule has 4 unspecified atom stereocenters. The largest absolute Gasteiger partial charge is 0.307 e. The van der Waals surface area contributed by atoms with Crippen LogP contribution in [0, 0.1) is 11.8 Å². The Kier molecular flexibility index (Phi) is 3.66. The number of fused-ring (bicyclic) bond motifs is 1. The molecule has 0 bridgehead atoms. The lowest BCUT2D eigenvalue weighted by Gasteiger charge is -2.37. The van der Waals surface area contributed by atoms with Gasteiger partial charge in [-0.2, -0.15) is 5.10 Å². The molecule has 0 amide bonds. The number of nitrogens with zero attached hydrogens (tertiary/aromatic N) is 2. The van der Waals surface area contributed by atoms with Gasteiger partial charge in [-0.05, 0) is 50.4 Å². The van der Waals surface area contributed by atoms with Gasteiger partial charge in [0.05, 0.1) is 6.20 Å². The van der Waals surface area contributed by atoms with Crippen LogP contribution in [0.15, 0.2) is 6.20 Å². The maximum atomic E-state index is 4.45. The van der Waals surface area contributed by atoms with E-state index in [0.717, 1.165) is 11.8 Å². The summed E-state index contributed by atoms with van der Waals surface area (Å²) in [7, 11) is 2.08. The van der Waals surface area contributed by atoms with Crippen molar-refractivity contribution in [2.24, 2.45) is 18.9 Å². The molecule has 1 N–H and O–H groups in total. The van der Waals surface area contributed by atoms with E-state index in [1.54, 1.807) is 0 Å². The van der Waals surface area contributed by atoms with Crippen molar-refractivity contribution in [3.63, 3.8) is 0 Å². The minimum Gasteiger partial charge on any atom is -0.307 e. The van der Waals surface area contributed by atoms with E-state index in [4.69, 9.17) is 0 Å². The normalized spacial score (nSPS) is 35.1. The molecule has 1 aromatic heterocycles. The van der Waals surface area contributed by atoms with E-state index in [0.29, 0.717) is 12.1 Å². The monoisotopic (exact) mass is 261 g/mol. The van der Waals surface area contributed by atoms with Crippen LogP contribution in [-0.2, 0) is 13.5 Å². The highest BCUT2D eigenvalue weighted by Gasteiger charge is 2.30. The molecule has 0 radical (unpaired) electrons. The van der Waals surface area contributed by atoms with Gasteiger partial charge in [0.15, 0.2) is 0 Å². The lowest BCUT2D eigenvalue weighted by atomic mass is 9.79. The molecule has 19 heavy (non-hydrogen) atoms. The van der Waals surface area contributed by atoms with E-state index < -0.39 is 0 Å². The van der Waals surface area contributed by atoms with Crippen LogP contribution in [0.2, 0.25) is 0 Å². The number of rotatable bonds is 2. The summed E-state index contributed by atoms with van der Waals surface area (Å²) in [5.41, 5.74) is 2.90. The predicted octanol–water partition coefficient (Wildman–Crippen LogP) is 3.21. The molecule has 1 fully saturated rings. The molecule has 0 aliphatic heterocycles. The van der Waals surface area contributed by atoms with E-state index >= 15 is 0 Å². The average Bonchev–Trinajstić information content (AvgIpc) is 2.76. The van der Waals surface area contributed by atoms with Crippen molar-refractivity contribution in [2.75, 3.05) is 0 Å². The fraction of sp³-hybridized carbons (Fsp3) is 0.812. The van der Waals surface area contributed by atoms with Crippen molar-refractivity contribution in [1.29, 1.82) is 0 Å². The van der Waals surface area contributed by atoms with Gasteiger partial charge in [-0.1, -0.05) is 13.8 Å². The van der Waals surface area contributed by atoms with Gasteiger partial charge in [-0.25, -0.2) is 0 Å². The summed E-state index contributed by atoms with van der Waals surface area (Å²) in [6.07, 6.45) is 9.95. The summed E-state index contributed by atoms with van der Waals surface area (Å²) < 4.78 is 2.07. The van der Waals surface area contributed by atoms with Gasteiger partial charge in [0.25, 0.3) is 0 Å². The second-order valence-electron chi connectivity index (χ2n) is 6.78. The number of nitrogens with one attached hydrogen (secondary N) is 1. The van der Waals surface area contributed by atoms with Crippen molar-refractivity contribution in [3.05, 3.63) is 17.5 Å². The standard InChI is InChI=1S/C16H27N3/c1-11-7-8-14(12(2)9-11)18-15-5-4-6-16-13(15)10-17-19(16)3/h10-12,14-15,18H,4-9H2,1-3H3. The lowest BCUT2D eigenvalue weighted by molar-refractivity contribution is 0.208. The van der Waals surface area contributed by atoms with E-state index in [-0.39, 0.29) is 0 Å². The fourth-order valence-electron chi connectivity index (χ4n) is 4.05. The molecule has 4 atom stereocenters. The van der Waals surface area contributed by atoms with Gasteiger partial charge < -0.3 is 5.32 Å². The van der Waals surface area contributed by atoms with Crippen LogP contribution in [0.3, 0.4) is 0 Å². The summed E-state index contributed by atoms with van der Waals surface area (Å²) in [5, 5.41) is 8.39. The number of aryl methyl sites for hydroxylation is 1. The molecule has 1 saturated carbocycles. The summed E-state index contributed by atoms with van der Waals surface area (Å²) in [5.74, 6) is 1.72. The minimum absolute atomic E-state index is 0.540. The van der Waals surface area contributed by atoms with E-state index in [1.165, 1.54) is 49.8 Å². The SMILES string of the molecule is CC1CCC(NC2CCCc3c2cnn3C)C(C)C1. The lowest BCUT2D eigenvalue weighted by Crippen LogP contribution is -2.41. The first-order chi connectivity index (χ1) is 9.15. The molecule has 3 rings (SSSR count). The highest BCUT2D eigenvalue weighted by molar-refractivity contribution is 5.24. The molecule has 2 aliphatic rings. The highest BCUT2D eigenvalue weighted by Crippen LogP contribution is 2.34. The van der Waals surface area contributed by atoms with Gasteiger partial charge >= 0.3 is 0 Å². The van der Waals surface area contributed by atoms with Crippen molar-refractivity contribution >= 4 is 0 Å². The first-order valence-electron chi connectivity index (χ1n) is 7.92. The third-order valence-corrected chi connectivity index (χ3v) is 5.22. The predicted molar refractivity (Wildman–Crippen MR) is 78.0 cm³/mol. The van der Waals surface area contributed by atoms with Crippen LogP contribution in [0.25, 0.3) is 0 Å². The van der Waals surface area contributed by atoms with Gasteiger partial charge in [0.1, 0.15) is 0 Å². The van der Waals surface area contributed by atoms with Crippen molar-refractivity contribution < 1.29 is 0 Å². The molecular weight excluding hydrogens is 234 g/mol. The Morgan fingerprint density at radius 1 is 1.26 bits per heavy atom. The topological polar surface area (TPSA) is 29.9 Å². The summed E-state index contributed by atoms with van der Waals surface area (Å²) in [4.78, 5) is 0. The summed E-state index contributed by atoms with van der Waals surface area (Å²) >= 11 is 0. The zero-order chi connectivity index (χ0) is 13.4. The quantitative estimate of drug-likeness (QED) is 0.886. The zero-order valence-corrected chi connectivity index (χ0v) is 12.5. The van der Waals surface area contributed by atoms with Crippen molar-refractivity contribution in [3.8, 4) is 0 Å². The summed E-state index contributed by atoms with van der Waals surface area (Å²) in [6.45, 7) is 4.81. The van der Waals surface area contributed by atoms with Crippen molar-refractivity contribution in [1.82, 2.24) is 15.1 Å². The molecule has 106 valence electrons. The highest BCUT2D eigenvalue weighted by atomic mass is 15.3. The second-order valence-corrected chi connectivity index (χ2v) is 6.78. The Morgan fingerprint density at radius 3 is 2.89 bits per heavy atom. The molecule has 1 aromatic rings. The molecule has 0 spiro atoms. The molecular formula is C16H27N3. The van der Waals surface area contributed by atoms with Crippen LogP contribution < -0.4 is 5.32 Å². The second kappa shape index (κ2) is 5.28. The van der Waals surface area contributed by atoms with Crippen LogP contribution in [0.1, 0.15) is 63.3 Å². The first-order valence-corrected chi connectivity index (χ1v) is 7.92. The van der Waals surface area contributed by atoms with Crippen LogP contribution in [0.5, 0.6) is 0 Å². The third-order valence-electron chi connectivity index (χ3n) is 5.22. The van der Waals surface area contributed by atoms with Crippen molar-refractivity contribution in [2.45, 2.75) is 64.5 Å². The van der Waals surface area contributed by atoms with Crippen LogP contribution in [-0.4, -0.2) is 15.8 Å². The Morgan fingerprint density at radius 2 is 2.11 bits per heavy atom. The van der Waals surface area contributed by atoms with E-state index in [9.17, 15) is 0 Å². The fourth-order valence-corrected chi connectivity index (χ4v) is 4.05. The van der Waals surface area contributed by atoms with E-state index in [1.807, 2.05) is 0 Å². The third kappa shape index (κ3) is 2.58. The molecule has 0 aromatic carbocycles. The smallest absolute Gasteiger partial charge is 0.0540 e. The Labute approximate surface area is 116 Å². The van der Waals surface area contributed by atoms with Gasteiger partial charge in [0, 0.05) is 30.4 Å². The van der Waals surface area contributed by atoms with Gasteiger partial charge in [-0.15, -0.1) is 0 Å². The molecule has 0 saturated heterocycles. The summed E-state index contributed by atoms with van der Waals surface area (Å²) in [6, 6.07) is 1.24. The maximum absolute atomic E-state index is 4.45. The number of hydrogen-bond donors (Lipinski definition) is 1. The van der Waals surface area contributed by atoms with Gasteiger partial charge in [-0.3, -0.25) is 4.68 Å². The zero-order valence-electron chi connectivity index (χ0n) is 12.5. The Bertz CT molecular complexity index is 437. The average molecular weight is 261 g/mol. The molecule has 3 heteroatoms. The number of hydrogen-bond acceptors (Lipinski definition) is 2. The first kappa shape index (κ1) is 13.2. The maximum Gasteiger partial charge on any atom is 0.0540 e. The minimum atomic E-state index is 0.540. The Balaban J connectivity index is 1.71. The molecule has 3 nitrogen and oxygen atoms in total.